The van der Waals surface area contributed by atoms with Gasteiger partial charge in [0.25, 0.3) is 0 Å². The second-order valence-electron chi connectivity index (χ2n) is 5.63. The molecule has 134 valence electrons. The van der Waals surface area contributed by atoms with Crippen LogP contribution in [0.4, 0.5) is 0 Å². The average Bonchev–Trinajstić information content (AvgIpc) is 3.32. The minimum Gasteiger partial charge on any atom is -0.454 e. The van der Waals surface area contributed by atoms with Gasteiger partial charge in [0.15, 0.2) is 18.3 Å². The van der Waals surface area contributed by atoms with Gasteiger partial charge in [-0.05, 0) is 24.6 Å². The molecule has 1 aliphatic rings. The Balaban J connectivity index is 1.57. The maximum atomic E-state index is 12.2. The highest BCUT2D eigenvalue weighted by Crippen LogP contribution is 2.45. The lowest BCUT2D eigenvalue weighted by atomic mass is 10.1. The number of esters is 1. The number of rotatable bonds is 6. The first-order valence-electron chi connectivity index (χ1n) is 7.93. The van der Waals surface area contributed by atoms with Crippen molar-refractivity contribution in [2.45, 2.75) is 17.4 Å². The second-order valence-corrected chi connectivity index (χ2v) is 9.24. The van der Waals surface area contributed by atoms with E-state index in [9.17, 15) is 14.9 Å². The van der Waals surface area contributed by atoms with Crippen molar-refractivity contribution in [1.82, 2.24) is 4.98 Å². The fourth-order valence-corrected chi connectivity index (χ4v) is 6.12. The smallest absolute Gasteiger partial charge is 0.338 e. The zero-order valence-electron chi connectivity index (χ0n) is 14.0. The second kappa shape index (κ2) is 8.71. The fourth-order valence-electron chi connectivity index (χ4n) is 2.40. The monoisotopic (exact) mass is 404 g/mol. The lowest BCUT2D eigenvalue weighted by Crippen LogP contribution is -2.20. The number of nitriles is 1. The molecule has 2 heterocycles. The number of benzene rings is 1. The minimum absolute atomic E-state index is 0.396. The lowest BCUT2D eigenvalue weighted by Gasteiger charge is -2.10. The summed E-state index contributed by atoms with van der Waals surface area (Å²) in [7, 11) is 0. The molecule has 0 radical (unpaired) electrons. The molecule has 0 N–H and O–H groups in total. The van der Waals surface area contributed by atoms with E-state index in [1.54, 1.807) is 24.4 Å². The van der Waals surface area contributed by atoms with E-state index in [1.807, 2.05) is 41.7 Å². The fraction of sp³-hybridized carbons (Fsp3) is 0.333. The van der Waals surface area contributed by atoms with E-state index in [0.717, 1.165) is 17.2 Å². The first-order chi connectivity index (χ1) is 12.6. The van der Waals surface area contributed by atoms with Crippen molar-refractivity contribution in [3.05, 3.63) is 51.5 Å². The first kappa shape index (κ1) is 19.0. The van der Waals surface area contributed by atoms with Crippen LogP contribution in [0.25, 0.3) is 0 Å². The summed E-state index contributed by atoms with van der Waals surface area (Å²) in [5.41, 5.74) is 2.33. The Morgan fingerprint density at radius 2 is 2.00 bits per heavy atom. The number of aromatic nitrogens is 1. The molecule has 1 aliphatic heterocycles. The Kier molecular flexibility index (Phi) is 6.35. The summed E-state index contributed by atoms with van der Waals surface area (Å²) in [6, 6.07) is 9.21. The molecule has 8 heteroatoms. The molecule has 2 aromatic rings. The number of aryl methyl sites for hydroxylation is 1. The van der Waals surface area contributed by atoms with Gasteiger partial charge in [0, 0.05) is 22.6 Å². The summed E-state index contributed by atoms with van der Waals surface area (Å²) in [6.07, 6.45) is 0. The summed E-state index contributed by atoms with van der Waals surface area (Å²) in [5, 5.41) is 11.4. The van der Waals surface area contributed by atoms with Crippen LogP contribution in [0.3, 0.4) is 0 Å². The van der Waals surface area contributed by atoms with Crippen molar-refractivity contribution >= 4 is 46.6 Å². The van der Waals surface area contributed by atoms with Crippen LogP contribution < -0.4 is 0 Å². The van der Waals surface area contributed by atoms with Gasteiger partial charge in [-0.2, -0.15) is 5.26 Å². The molecule has 1 fully saturated rings. The van der Waals surface area contributed by atoms with Crippen molar-refractivity contribution in [1.29, 1.82) is 5.26 Å². The SMILES string of the molecule is Cc1csc([C@@H](C#N)C(=O)COC(=O)c2ccc(C3SCCS3)cc2)n1. The Labute approximate surface area is 164 Å². The van der Waals surface area contributed by atoms with Crippen molar-refractivity contribution in [3.63, 3.8) is 0 Å². The lowest BCUT2D eigenvalue weighted by molar-refractivity contribution is -0.122. The van der Waals surface area contributed by atoms with E-state index in [2.05, 4.69) is 4.98 Å². The number of ether oxygens (including phenoxy) is 1. The molecule has 1 saturated heterocycles. The molecule has 0 aliphatic carbocycles. The van der Waals surface area contributed by atoms with Crippen LogP contribution in [0.2, 0.25) is 0 Å². The van der Waals surface area contributed by atoms with Gasteiger partial charge in [-0.15, -0.1) is 34.9 Å². The molecule has 1 atom stereocenters. The van der Waals surface area contributed by atoms with Crippen LogP contribution in [0, 0.1) is 18.3 Å². The summed E-state index contributed by atoms with van der Waals surface area (Å²) < 4.78 is 5.51. The van der Waals surface area contributed by atoms with E-state index in [-0.39, 0.29) is 0 Å². The minimum atomic E-state index is -1.000. The van der Waals surface area contributed by atoms with E-state index in [0.29, 0.717) is 15.2 Å². The van der Waals surface area contributed by atoms with E-state index in [1.165, 1.54) is 16.9 Å². The molecule has 1 aromatic heterocycles. The molecular formula is C18H16N2O3S3. The number of carbonyl (C=O) groups is 2. The summed E-state index contributed by atoms with van der Waals surface area (Å²) >= 11 is 5.05. The average molecular weight is 405 g/mol. The number of thiazole rings is 1. The molecule has 0 unspecified atom stereocenters. The highest BCUT2D eigenvalue weighted by atomic mass is 32.2. The summed E-state index contributed by atoms with van der Waals surface area (Å²) in [4.78, 5) is 28.5. The van der Waals surface area contributed by atoms with Crippen molar-refractivity contribution in [2.75, 3.05) is 18.1 Å². The van der Waals surface area contributed by atoms with Crippen molar-refractivity contribution < 1.29 is 14.3 Å². The Hall–Kier alpha value is -1.82. The third-order valence-corrected chi connectivity index (χ3v) is 7.85. The van der Waals surface area contributed by atoms with Crippen LogP contribution in [0.15, 0.2) is 29.6 Å². The molecule has 0 amide bonds. The highest BCUT2D eigenvalue weighted by Gasteiger charge is 2.25. The van der Waals surface area contributed by atoms with Crippen LogP contribution in [-0.2, 0) is 9.53 Å². The van der Waals surface area contributed by atoms with Crippen molar-refractivity contribution in [3.8, 4) is 6.07 Å². The molecule has 0 saturated carbocycles. The van der Waals surface area contributed by atoms with Crippen LogP contribution in [0.1, 0.15) is 37.1 Å². The molecule has 26 heavy (non-hydrogen) atoms. The highest BCUT2D eigenvalue weighted by molar-refractivity contribution is 8.19. The van der Waals surface area contributed by atoms with Gasteiger partial charge in [-0.3, -0.25) is 4.79 Å². The third kappa shape index (κ3) is 4.47. The number of hydrogen-bond acceptors (Lipinski definition) is 8. The molecule has 0 spiro atoms. The number of hydrogen-bond donors (Lipinski definition) is 0. The summed E-state index contributed by atoms with van der Waals surface area (Å²) in [6.45, 7) is 1.36. The zero-order chi connectivity index (χ0) is 18.5. The number of carbonyl (C=O) groups excluding carboxylic acids is 2. The predicted molar refractivity (Wildman–Crippen MR) is 105 cm³/mol. The van der Waals surface area contributed by atoms with Gasteiger partial charge >= 0.3 is 5.97 Å². The largest absolute Gasteiger partial charge is 0.454 e. The molecule has 0 bridgehead atoms. The Morgan fingerprint density at radius 1 is 1.31 bits per heavy atom. The normalized spacial score (nSPS) is 15.4. The maximum Gasteiger partial charge on any atom is 0.338 e. The third-order valence-electron chi connectivity index (χ3n) is 3.72. The quantitative estimate of drug-likeness (QED) is 0.674. The van der Waals surface area contributed by atoms with Crippen LogP contribution >= 0.6 is 34.9 Å². The van der Waals surface area contributed by atoms with Crippen LogP contribution in [0.5, 0.6) is 0 Å². The number of nitrogens with zero attached hydrogens (tertiary/aromatic N) is 2. The molecular weight excluding hydrogens is 388 g/mol. The van der Waals surface area contributed by atoms with E-state index >= 15 is 0 Å². The van der Waals surface area contributed by atoms with Gasteiger partial charge in [0.2, 0.25) is 0 Å². The molecule has 5 nitrogen and oxygen atoms in total. The van der Waals surface area contributed by atoms with Gasteiger partial charge in [0.1, 0.15) is 5.01 Å². The Bertz CT molecular complexity index is 836. The van der Waals surface area contributed by atoms with Gasteiger partial charge in [-0.1, -0.05) is 12.1 Å². The van der Waals surface area contributed by atoms with Crippen molar-refractivity contribution in [2.24, 2.45) is 0 Å². The van der Waals surface area contributed by atoms with Gasteiger partial charge in [0.05, 0.1) is 16.2 Å². The van der Waals surface area contributed by atoms with Crippen LogP contribution in [-0.4, -0.2) is 34.8 Å². The maximum absolute atomic E-state index is 12.2. The zero-order valence-corrected chi connectivity index (χ0v) is 16.5. The Morgan fingerprint density at radius 3 is 2.58 bits per heavy atom. The standard InChI is InChI=1S/C18H16N2O3S3/c1-11-10-26-16(20-11)14(8-19)15(21)9-23-17(22)12-2-4-13(5-3-12)18-24-6-7-25-18/h2-5,10,14,18H,6-7,9H2,1H3/t14-/m0/s1. The first-order valence-corrected chi connectivity index (χ1v) is 10.9. The van der Waals surface area contributed by atoms with E-state index in [4.69, 9.17) is 4.74 Å². The van der Waals surface area contributed by atoms with Gasteiger partial charge in [-0.25, -0.2) is 9.78 Å². The molecule has 1 aromatic carbocycles. The summed E-state index contributed by atoms with van der Waals surface area (Å²) in [5.74, 6) is 0.245. The number of Topliss-reactive ketones (excluding diaryl/α,β-unsaturated/α-hetero) is 1. The molecule has 3 rings (SSSR count). The number of ketones is 1. The predicted octanol–water partition coefficient (Wildman–Crippen LogP) is 3.96. The van der Waals surface area contributed by atoms with Gasteiger partial charge < -0.3 is 4.74 Å². The topological polar surface area (TPSA) is 80.0 Å². The number of thioether (sulfide) groups is 2. The van der Waals surface area contributed by atoms with E-state index < -0.39 is 24.3 Å².